The first-order valence-corrected chi connectivity index (χ1v) is 6.49. The van der Waals surface area contributed by atoms with Gasteiger partial charge in [-0.05, 0) is 30.3 Å². The molecule has 4 N–H and O–H groups in total. The number of hydrogen-bond acceptors (Lipinski definition) is 4. The van der Waals surface area contributed by atoms with Crippen molar-refractivity contribution >= 4 is 34.8 Å². The Morgan fingerprint density at radius 1 is 1.24 bits per heavy atom. The molecule has 0 aliphatic rings. The van der Waals surface area contributed by atoms with Crippen LogP contribution < -0.4 is 16.4 Å². The van der Waals surface area contributed by atoms with Crippen molar-refractivity contribution in [2.24, 2.45) is 5.73 Å². The normalized spacial score (nSPS) is 10.0. The summed E-state index contributed by atoms with van der Waals surface area (Å²) in [7, 11) is 0. The van der Waals surface area contributed by atoms with Gasteiger partial charge in [0.05, 0.1) is 22.8 Å². The molecule has 0 fully saturated rings. The van der Waals surface area contributed by atoms with Crippen LogP contribution in [0.2, 0.25) is 5.02 Å². The van der Waals surface area contributed by atoms with E-state index < -0.39 is 0 Å². The number of hydrogen-bond donors (Lipinski definition) is 3. The summed E-state index contributed by atoms with van der Waals surface area (Å²) in [6.07, 6.45) is 3.02. The van der Waals surface area contributed by atoms with E-state index in [4.69, 9.17) is 17.3 Å². The average Bonchev–Trinajstić information content (AvgIpc) is 2.51. The van der Waals surface area contributed by atoms with Crippen molar-refractivity contribution < 1.29 is 9.59 Å². The average molecular weight is 305 g/mol. The van der Waals surface area contributed by atoms with Crippen molar-refractivity contribution in [1.82, 2.24) is 4.98 Å². The summed E-state index contributed by atoms with van der Waals surface area (Å²) in [4.78, 5) is 27.2. The van der Waals surface area contributed by atoms with Crippen LogP contribution in [0.5, 0.6) is 0 Å². The smallest absolute Gasteiger partial charge is 0.257 e. The van der Waals surface area contributed by atoms with Crippen LogP contribution in [0.3, 0.4) is 0 Å². The summed E-state index contributed by atoms with van der Waals surface area (Å²) in [6.45, 7) is -0.125. The number of carbonyl (C=O) groups excluding carboxylic acids is 2. The third-order valence-electron chi connectivity index (χ3n) is 2.61. The van der Waals surface area contributed by atoms with E-state index in [0.717, 1.165) is 0 Å². The fourth-order valence-corrected chi connectivity index (χ4v) is 1.77. The first-order valence-electron chi connectivity index (χ1n) is 6.11. The highest BCUT2D eigenvalue weighted by molar-refractivity contribution is 6.34. The maximum atomic E-state index is 12.0. The van der Waals surface area contributed by atoms with E-state index in [9.17, 15) is 9.59 Å². The van der Waals surface area contributed by atoms with Crippen molar-refractivity contribution in [3.8, 4) is 0 Å². The van der Waals surface area contributed by atoms with E-state index in [2.05, 4.69) is 15.6 Å². The minimum atomic E-state index is -0.340. The minimum absolute atomic E-state index is 0.125. The number of nitrogens with zero attached hydrogens (tertiary/aromatic N) is 1. The van der Waals surface area contributed by atoms with Crippen LogP contribution in [0.15, 0.2) is 42.7 Å². The van der Waals surface area contributed by atoms with Gasteiger partial charge in [0, 0.05) is 18.1 Å². The largest absolute Gasteiger partial charge is 0.325 e. The van der Waals surface area contributed by atoms with E-state index >= 15 is 0 Å². The maximum Gasteiger partial charge on any atom is 0.257 e. The molecular formula is C14H13ClN4O2. The molecule has 0 bridgehead atoms. The summed E-state index contributed by atoms with van der Waals surface area (Å²) in [5.41, 5.74) is 6.52. The Labute approximate surface area is 126 Å². The third kappa shape index (κ3) is 4.01. The van der Waals surface area contributed by atoms with Crippen LogP contribution in [0, 0.1) is 0 Å². The van der Waals surface area contributed by atoms with Gasteiger partial charge in [0.2, 0.25) is 5.91 Å². The quantitative estimate of drug-likeness (QED) is 0.803. The second kappa shape index (κ2) is 6.83. The highest BCUT2D eigenvalue weighted by Crippen LogP contribution is 2.26. The molecule has 21 heavy (non-hydrogen) atoms. The lowest BCUT2D eigenvalue weighted by Gasteiger charge is -2.10. The Bertz CT molecular complexity index is 661. The van der Waals surface area contributed by atoms with Crippen molar-refractivity contribution in [2.75, 3.05) is 17.2 Å². The number of benzene rings is 1. The molecule has 0 saturated heterocycles. The van der Waals surface area contributed by atoms with Gasteiger partial charge < -0.3 is 16.4 Å². The van der Waals surface area contributed by atoms with Crippen LogP contribution >= 0.6 is 11.6 Å². The van der Waals surface area contributed by atoms with Gasteiger partial charge in [0.1, 0.15) is 0 Å². The molecule has 108 valence electrons. The summed E-state index contributed by atoms with van der Waals surface area (Å²) < 4.78 is 0. The third-order valence-corrected chi connectivity index (χ3v) is 2.94. The van der Waals surface area contributed by atoms with Crippen LogP contribution in [-0.2, 0) is 4.79 Å². The molecule has 1 aromatic carbocycles. The predicted octanol–water partition coefficient (Wildman–Crippen LogP) is 1.88. The van der Waals surface area contributed by atoms with E-state index in [1.807, 2.05) is 0 Å². The lowest BCUT2D eigenvalue weighted by atomic mass is 10.2. The number of amides is 2. The summed E-state index contributed by atoms with van der Waals surface area (Å²) in [5, 5.41) is 5.61. The van der Waals surface area contributed by atoms with E-state index in [-0.39, 0.29) is 18.4 Å². The van der Waals surface area contributed by atoms with Crippen molar-refractivity contribution in [3.05, 3.63) is 53.3 Å². The minimum Gasteiger partial charge on any atom is -0.325 e. The number of anilines is 2. The molecule has 0 spiro atoms. The van der Waals surface area contributed by atoms with Gasteiger partial charge >= 0.3 is 0 Å². The summed E-state index contributed by atoms with van der Waals surface area (Å²) in [5.74, 6) is -0.672. The van der Waals surface area contributed by atoms with Crippen molar-refractivity contribution in [1.29, 1.82) is 0 Å². The molecule has 0 radical (unpaired) electrons. The molecule has 2 amide bonds. The highest BCUT2D eigenvalue weighted by Gasteiger charge is 2.10. The first kappa shape index (κ1) is 15.0. The van der Waals surface area contributed by atoms with Crippen LogP contribution in [0.4, 0.5) is 11.4 Å². The molecule has 0 aliphatic carbocycles. The van der Waals surface area contributed by atoms with Crippen LogP contribution in [0.25, 0.3) is 0 Å². The van der Waals surface area contributed by atoms with Crippen molar-refractivity contribution in [3.63, 3.8) is 0 Å². The lowest BCUT2D eigenvalue weighted by molar-refractivity contribution is -0.114. The van der Waals surface area contributed by atoms with Crippen molar-refractivity contribution in [2.45, 2.75) is 0 Å². The Hall–Kier alpha value is -2.44. The number of pyridine rings is 1. The Kier molecular flexibility index (Phi) is 4.86. The lowest BCUT2D eigenvalue weighted by Crippen LogP contribution is -2.22. The molecule has 0 saturated carbocycles. The van der Waals surface area contributed by atoms with Gasteiger partial charge in [-0.2, -0.15) is 0 Å². The van der Waals surface area contributed by atoms with Gasteiger partial charge in [-0.25, -0.2) is 0 Å². The number of rotatable bonds is 4. The van der Waals surface area contributed by atoms with E-state index in [1.165, 1.54) is 6.20 Å². The highest BCUT2D eigenvalue weighted by atomic mass is 35.5. The Morgan fingerprint density at radius 3 is 2.71 bits per heavy atom. The molecule has 0 unspecified atom stereocenters. The molecular weight excluding hydrogens is 292 g/mol. The number of halogens is 1. The fraction of sp³-hybridized carbons (Fsp3) is 0.0714. The SMILES string of the molecule is NCC(=O)Nc1ccc(Cl)c(NC(=O)c2cccnc2)c1. The van der Waals surface area contributed by atoms with Gasteiger partial charge in [0.25, 0.3) is 5.91 Å². The zero-order valence-corrected chi connectivity index (χ0v) is 11.7. The topological polar surface area (TPSA) is 97.1 Å². The molecule has 2 rings (SSSR count). The second-order valence-electron chi connectivity index (χ2n) is 4.14. The molecule has 7 heteroatoms. The number of carbonyl (C=O) groups is 2. The molecule has 1 heterocycles. The molecule has 2 aromatic rings. The summed E-state index contributed by atoms with van der Waals surface area (Å²) in [6, 6.07) is 8.05. The number of nitrogens with one attached hydrogen (secondary N) is 2. The molecule has 6 nitrogen and oxygen atoms in total. The van der Waals surface area contributed by atoms with Gasteiger partial charge in [-0.15, -0.1) is 0 Å². The van der Waals surface area contributed by atoms with E-state index in [1.54, 1.807) is 36.5 Å². The maximum absolute atomic E-state index is 12.0. The molecule has 0 aliphatic heterocycles. The monoisotopic (exact) mass is 304 g/mol. The standard InChI is InChI=1S/C14H13ClN4O2/c15-11-4-3-10(18-13(20)7-16)6-12(11)19-14(21)9-2-1-5-17-8-9/h1-6,8H,7,16H2,(H,18,20)(H,19,21). The van der Waals surface area contributed by atoms with Crippen LogP contribution in [-0.4, -0.2) is 23.3 Å². The predicted molar refractivity (Wildman–Crippen MR) is 81.3 cm³/mol. The second-order valence-corrected chi connectivity index (χ2v) is 4.55. The van der Waals surface area contributed by atoms with Gasteiger partial charge in [-0.1, -0.05) is 11.6 Å². The first-order chi connectivity index (χ1) is 10.1. The number of aromatic nitrogens is 1. The van der Waals surface area contributed by atoms with Gasteiger partial charge in [-0.3, -0.25) is 14.6 Å². The zero-order chi connectivity index (χ0) is 15.2. The summed E-state index contributed by atoms with van der Waals surface area (Å²) >= 11 is 6.03. The Balaban J connectivity index is 2.17. The zero-order valence-electron chi connectivity index (χ0n) is 11.0. The van der Waals surface area contributed by atoms with Crippen LogP contribution in [0.1, 0.15) is 10.4 Å². The van der Waals surface area contributed by atoms with Gasteiger partial charge in [0.15, 0.2) is 0 Å². The number of nitrogens with two attached hydrogens (primary N) is 1. The Morgan fingerprint density at radius 2 is 2.05 bits per heavy atom. The van der Waals surface area contributed by atoms with E-state index in [0.29, 0.717) is 22.0 Å². The molecule has 1 aromatic heterocycles. The molecule has 0 atom stereocenters. The fourth-order valence-electron chi connectivity index (χ4n) is 1.60.